The molecule has 6 nitrogen and oxygen atoms in total. The van der Waals surface area contributed by atoms with Gasteiger partial charge in [-0.3, -0.25) is 4.79 Å². The van der Waals surface area contributed by atoms with E-state index in [4.69, 9.17) is 4.74 Å². The summed E-state index contributed by atoms with van der Waals surface area (Å²) >= 11 is 0. The highest BCUT2D eigenvalue weighted by atomic mass is 16.5. The lowest BCUT2D eigenvalue weighted by molar-refractivity contribution is -0.142. The van der Waals surface area contributed by atoms with Crippen molar-refractivity contribution in [2.24, 2.45) is 11.3 Å². The van der Waals surface area contributed by atoms with Crippen LogP contribution in [0.1, 0.15) is 40.0 Å². The van der Waals surface area contributed by atoms with Gasteiger partial charge >= 0.3 is 12.0 Å². The SMILES string of the molecule is CN(C(=O)NCC(CC(C)(C)C)C(=O)O)C1CCOCC1. The van der Waals surface area contributed by atoms with Crippen molar-refractivity contribution in [3.63, 3.8) is 0 Å². The first-order chi connectivity index (χ1) is 9.70. The van der Waals surface area contributed by atoms with Gasteiger partial charge in [0.05, 0.1) is 5.92 Å². The van der Waals surface area contributed by atoms with Crippen LogP contribution in [0.25, 0.3) is 0 Å². The highest BCUT2D eigenvalue weighted by Gasteiger charge is 2.27. The second-order valence-electron chi connectivity index (χ2n) is 6.94. The van der Waals surface area contributed by atoms with E-state index < -0.39 is 11.9 Å². The summed E-state index contributed by atoms with van der Waals surface area (Å²) in [6.07, 6.45) is 2.19. The number of hydrogen-bond donors (Lipinski definition) is 2. The van der Waals surface area contributed by atoms with E-state index in [1.807, 2.05) is 20.8 Å². The van der Waals surface area contributed by atoms with Gasteiger partial charge < -0.3 is 20.1 Å². The Labute approximate surface area is 126 Å². The lowest BCUT2D eigenvalue weighted by atomic mass is 9.84. The number of aliphatic carboxylic acids is 1. The van der Waals surface area contributed by atoms with Crippen molar-refractivity contribution in [1.82, 2.24) is 10.2 Å². The van der Waals surface area contributed by atoms with Crippen LogP contribution < -0.4 is 5.32 Å². The molecule has 2 amide bonds. The average molecular weight is 300 g/mol. The number of urea groups is 1. The van der Waals surface area contributed by atoms with E-state index >= 15 is 0 Å². The first-order valence-electron chi connectivity index (χ1n) is 7.52. The third-order valence-corrected chi connectivity index (χ3v) is 3.77. The lowest BCUT2D eigenvalue weighted by Crippen LogP contribution is -2.47. The normalized spacial score (nSPS) is 18.1. The Kier molecular flexibility index (Phi) is 6.45. The largest absolute Gasteiger partial charge is 0.481 e. The fourth-order valence-corrected chi connectivity index (χ4v) is 2.56. The third-order valence-electron chi connectivity index (χ3n) is 3.77. The standard InChI is InChI=1S/C15H28N2O4/c1-15(2,3)9-11(13(18)19)10-16-14(20)17(4)12-5-7-21-8-6-12/h11-12H,5-10H2,1-4H3,(H,16,20)(H,18,19). The van der Waals surface area contributed by atoms with Crippen molar-refractivity contribution >= 4 is 12.0 Å². The molecule has 0 aromatic carbocycles. The molecule has 2 N–H and O–H groups in total. The predicted molar refractivity (Wildman–Crippen MR) is 80.2 cm³/mol. The van der Waals surface area contributed by atoms with Gasteiger partial charge in [0.25, 0.3) is 0 Å². The fraction of sp³-hybridized carbons (Fsp3) is 0.867. The van der Waals surface area contributed by atoms with Crippen molar-refractivity contribution in [2.45, 2.75) is 46.1 Å². The van der Waals surface area contributed by atoms with E-state index in [2.05, 4.69) is 5.32 Å². The Balaban J connectivity index is 2.46. The van der Waals surface area contributed by atoms with Crippen LogP contribution in [0.4, 0.5) is 4.79 Å². The molecule has 6 heteroatoms. The zero-order valence-electron chi connectivity index (χ0n) is 13.5. The second kappa shape index (κ2) is 7.64. The van der Waals surface area contributed by atoms with Crippen LogP contribution in [0.5, 0.6) is 0 Å². The smallest absolute Gasteiger partial charge is 0.317 e. The zero-order chi connectivity index (χ0) is 16.0. The maximum Gasteiger partial charge on any atom is 0.317 e. The summed E-state index contributed by atoms with van der Waals surface area (Å²) in [6, 6.07) is -0.0355. The third kappa shape index (κ3) is 6.33. The van der Waals surface area contributed by atoms with Crippen molar-refractivity contribution in [3.8, 4) is 0 Å². The number of hydrogen-bond acceptors (Lipinski definition) is 3. The van der Waals surface area contributed by atoms with Gasteiger partial charge in [-0.15, -0.1) is 0 Å². The topological polar surface area (TPSA) is 78.9 Å². The van der Waals surface area contributed by atoms with Gasteiger partial charge in [-0.05, 0) is 24.7 Å². The lowest BCUT2D eigenvalue weighted by Gasteiger charge is -2.32. The van der Waals surface area contributed by atoms with E-state index in [9.17, 15) is 14.7 Å². The summed E-state index contributed by atoms with van der Waals surface area (Å²) in [5.74, 6) is -1.42. The first-order valence-corrected chi connectivity index (χ1v) is 7.52. The number of carboxylic acid groups (broad SMARTS) is 1. The number of carbonyl (C=O) groups excluding carboxylic acids is 1. The summed E-state index contributed by atoms with van der Waals surface area (Å²) in [6.45, 7) is 7.50. The molecule has 0 aliphatic carbocycles. The van der Waals surface area contributed by atoms with E-state index in [1.165, 1.54) is 0 Å². The molecule has 1 aliphatic heterocycles. The quantitative estimate of drug-likeness (QED) is 0.813. The minimum absolute atomic E-state index is 0.0829. The number of ether oxygens (including phenoxy) is 1. The Morgan fingerprint density at radius 1 is 1.33 bits per heavy atom. The number of amides is 2. The van der Waals surface area contributed by atoms with Gasteiger partial charge in [-0.1, -0.05) is 20.8 Å². The van der Waals surface area contributed by atoms with Crippen LogP contribution in [0.2, 0.25) is 0 Å². The minimum Gasteiger partial charge on any atom is -0.481 e. The Bertz CT molecular complexity index is 359. The monoisotopic (exact) mass is 300 g/mol. The van der Waals surface area contributed by atoms with Crippen molar-refractivity contribution in [1.29, 1.82) is 0 Å². The van der Waals surface area contributed by atoms with Gasteiger partial charge in [-0.25, -0.2) is 4.79 Å². The number of nitrogens with zero attached hydrogens (tertiary/aromatic N) is 1. The molecule has 1 rings (SSSR count). The van der Waals surface area contributed by atoms with Crippen LogP contribution in [0.15, 0.2) is 0 Å². The summed E-state index contributed by atoms with van der Waals surface area (Å²) in [7, 11) is 1.75. The second-order valence-corrected chi connectivity index (χ2v) is 6.94. The van der Waals surface area contributed by atoms with Gasteiger partial charge in [0.15, 0.2) is 0 Å². The first kappa shape index (κ1) is 17.8. The van der Waals surface area contributed by atoms with Crippen molar-refractivity contribution in [2.75, 3.05) is 26.8 Å². The molecule has 0 spiro atoms. The molecule has 0 aromatic rings. The highest BCUT2D eigenvalue weighted by Crippen LogP contribution is 2.24. The molecule has 1 atom stereocenters. The average Bonchev–Trinajstić information content (AvgIpc) is 2.41. The molecule has 1 fully saturated rings. The van der Waals surface area contributed by atoms with Crippen LogP contribution in [-0.4, -0.2) is 54.9 Å². The molecule has 122 valence electrons. The molecular formula is C15H28N2O4. The van der Waals surface area contributed by atoms with E-state index in [0.29, 0.717) is 19.6 Å². The molecule has 0 saturated carbocycles. The van der Waals surface area contributed by atoms with Crippen molar-refractivity contribution < 1.29 is 19.4 Å². The zero-order valence-corrected chi connectivity index (χ0v) is 13.5. The summed E-state index contributed by atoms with van der Waals surface area (Å²) in [5.41, 5.74) is -0.0829. The number of carboxylic acids is 1. The molecular weight excluding hydrogens is 272 g/mol. The fourth-order valence-electron chi connectivity index (χ4n) is 2.56. The number of carbonyl (C=O) groups is 2. The highest BCUT2D eigenvalue weighted by molar-refractivity contribution is 5.76. The maximum atomic E-state index is 12.1. The van der Waals surface area contributed by atoms with Crippen LogP contribution in [0.3, 0.4) is 0 Å². The molecule has 0 aromatic heterocycles. The van der Waals surface area contributed by atoms with Gasteiger partial charge in [0.2, 0.25) is 0 Å². The van der Waals surface area contributed by atoms with Crippen LogP contribution in [0, 0.1) is 11.3 Å². The summed E-state index contributed by atoms with van der Waals surface area (Å²) in [5, 5.41) is 12.0. The molecule has 1 heterocycles. The Morgan fingerprint density at radius 3 is 2.38 bits per heavy atom. The van der Waals surface area contributed by atoms with Gasteiger partial charge in [-0.2, -0.15) is 0 Å². The van der Waals surface area contributed by atoms with Gasteiger partial charge in [0, 0.05) is 32.8 Å². The van der Waals surface area contributed by atoms with E-state index in [0.717, 1.165) is 12.8 Å². The van der Waals surface area contributed by atoms with Crippen molar-refractivity contribution in [3.05, 3.63) is 0 Å². The van der Waals surface area contributed by atoms with E-state index in [1.54, 1.807) is 11.9 Å². The molecule has 0 radical (unpaired) electrons. The number of nitrogens with one attached hydrogen (secondary N) is 1. The summed E-state index contributed by atoms with van der Waals surface area (Å²) < 4.78 is 5.28. The molecule has 1 unspecified atom stereocenters. The van der Waals surface area contributed by atoms with Crippen LogP contribution in [-0.2, 0) is 9.53 Å². The molecule has 0 bridgehead atoms. The van der Waals surface area contributed by atoms with Crippen LogP contribution >= 0.6 is 0 Å². The predicted octanol–water partition coefficient (Wildman–Crippen LogP) is 1.94. The maximum absolute atomic E-state index is 12.1. The van der Waals surface area contributed by atoms with Gasteiger partial charge in [0.1, 0.15) is 0 Å². The molecule has 1 saturated heterocycles. The molecule has 21 heavy (non-hydrogen) atoms. The minimum atomic E-state index is -0.862. The molecule has 1 aliphatic rings. The summed E-state index contributed by atoms with van der Waals surface area (Å²) in [4.78, 5) is 25.1. The van der Waals surface area contributed by atoms with E-state index in [-0.39, 0.29) is 24.0 Å². The Morgan fingerprint density at radius 2 is 1.90 bits per heavy atom. The number of rotatable bonds is 5. The Hall–Kier alpha value is -1.30.